The number of nitrogens with two attached hydrogens (primary N) is 1. The Hall–Kier alpha value is -2.01. The van der Waals surface area contributed by atoms with E-state index >= 15 is 0 Å². The number of halogens is 1. The van der Waals surface area contributed by atoms with Crippen molar-refractivity contribution in [2.24, 2.45) is 0 Å². The fourth-order valence-corrected chi connectivity index (χ4v) is 1.84. The number of anilines is 2. The molecular weight excluding hydrogens is 252 g/mol. The van der Waals surface area contributed by atoms with Crippen molar-refractivity contribution >= 4 is 23.1 Å². The molecule has 0 saturated heterocycles. The van der Waals surface area contributed by atoms with Gasteiger partial charge in [-0.15, -0.1) is 0 Å². The number of hydrogen-bond donors (Lipinski definition) is 2. The minimum Gasteiger partial charge on any atom is -0.437 e. The predicted octanol–water partition coefficient (Wildman–Crippen LogP) is 2.85. The molecule has 0 bridgehead atoms. The zero-order chi connectivity index (χ0) is 13.1. The third-order valence-electron chi connectivity index (χ3n) is 2.36. The van der Waals surface area contributed by atoms with Gasteiger partial charge < -0.3 is 15.8 Å². The van der Waals surface area contributed by atoms with E-state index in [9.17, 15) is 0 Å². The fraction of sp³-hybridized carbons (Fsp3) is 0.167. The van der Waals surface area contributed by atoms with Crippen molar-refractivity contribution in [1.82, 2.24) is 9.97 Å². The topological polar surface area (TPSA) is 73.1 Å². The number of aromatic nitrogens is 2. The Morgan fingerprint density at radius 3 is 2.72 bits per heavy atom. The maximum Gasteiger partial charge on any atom is 0.224 e. The zero-order valence-electron chi connectivity index (χ0n) is 10.1. The SMILES string of the molecule is CNc1cc(Oc2c(C)cc(N)cc2Cl)ncn1. The van der Waals surface area contributed by atoms with Gasteiger partial charge in [0, 0.05) is 18.8 Å². The van der Waals surface area contributed by atoms with E-state index in [0.717, 1.165) is 5.56 Å². The predicted molar refractivity (Wildman–Crippen MR) is 72.3 cm³/mol. The van der Waals surface area contributed by atoms with E-state index in [4.69, 9.17) is 22.1 Å². The highest BCUT2D eigenvalue weighted by atomic mass is 35.5. The summed E-state index contributed by atoms with van der Waals surface area (Å²) < 4.78 is 5.66. The smallest absolute Gasteiger partial charge is 0.224 e. The first-order valence-corrected chi connectivity index (χ1v) is 5.71. The van der Waals surface area contributed by atoms with Crippen LogP contribution in [0.5, 0.6) is 11.6 Å². The fourth-order valence-electron chi connectivity index (χ4n) is 1.52. The van der Waals surface area contributed by atoms with Crippen molar-refractivity contribution in [3.63, 3.8) is 0 Å². The lowest BCUT2D eigenvalue weighted by atomic mass is 10.2. The van der Waals surface area contributed by atoms with Crippen LogP contribution in [0, 0.1) is 6.92 Å². The summed E-state index contributed by atoms with van der Waals surface area (Å²) in [5.74, 6) is 1.64. The standard InChI is InChI=1S/C12H13ClN4O/c1-7-3-8(14)4-9(13)12(7)18-11-5-10(15-2)16-6-17-11/h3-6H,14H2,1-2H3,(H,15,16,17). The number of nitrogen functional groups attached to an aromatic ring is 1. The van der Waals surface area contributed by atoms with Gasteiger partial charge in [0.25, 0.3) is 0 Å². The Bertz CT molecular complexity index is 551. The van der Waals surface area contributed by atoms with E-state index in [1.807, 2.05) is 6.92 Å². The first kappa shape index (κ1) is 12.4. The molecule has 6 heteroatoms. The molecule has 0 aliphatic rings. The van der Waals surface area contributed by atoms with Crippen LogP contribution in [0.15, 0.2) is 24.5 Å². The average Bonchev–Trinajstić information content (AvgIpc) is 2.34. The van der Waals surface area contributed by atoms with Crippen LogP contribution in [0.25, 0.3) is 0 Å². The lowest BCUT2D eigenvalue weighted by Crippen LogP contribution is -1.97. The van der Waals surface area contributed by atoms with Gasteiger partial charge in [0.15, 0.2) is 5.75 Å². The number of rotatable bonds is 3. The van der Waals surface area contributed by atoms with E-state index in [1.165, 1.54) is 6.33 Å². The number of benzene rings is 1. The van der Waals surface area contributed by atoms with Crippen LogP contribution < -0.4 is 15.8 Å². The summed E-state index contributed by atoms with van der Waals surface area (Å²) in [6, 6.07) is 5.12. The number of aryl methyl sites for hydroxylation is 1. The first-order valence-electron chi connectivity index (χ1n) is 5.33. The van der Waals surface area contributed by atoms with Crippen LogP contribution in [-0.4, -0.2) is 17.0 Å². The molecule has 0 aliphatic heterocycles. The quantitative estimate of drug-likeness (QED) is 0.834. The summed E-state index contributed by atoms with van der Waals surface area (Å²) in [4.78, 5) is 8.03. The summed E-state index contributed by atoms with van der Waals surface area (Å²) in [5.41, 5.74) is 7.14. The molecule has 94 valence electrons. The Morgan fingerprint density at radius 2 is 2.06 bits per heavy atom. The Balaban J connectivity index is 2.33. The highest BCUT2D eigenvalue weighted by molar-refractivity contribution is 6.32. The highest BCUT2D eigenvalue weighted by Crippen LogP contribution is 2.34. The van der Waals surface area contributed by atoms with Crippen molar-refractivity contribution < 1.29 is 4.74 Å². The van der Waals surface area contributed by atoms with Crippen molar-refractivity contribution in [2.45, 2.75) is 6.92 Å². The van der Waals surface area contributed by atoms with Crippen LogP contribution in [0.2, 0.25) is 5.02 Å². The largest absolute Gasteiger partial charge is 0.437 e. The monoisotopic (exact) mass is 264 g/mol. The number of nitrogens with one attached hydrogen (secondary N) is 1. The maximum atomic E-state index is 6.09. The van der Waals surface area contributed by atoms with Gasteiger partial charge in [-0.25, -0.2) is 9.97 Å². The maximum absolute atomic E-state index is 6.09. The van der Waals surface area contributed by atoms with Gasteiger partial charge in [0.2, 0.25) is 5.88 Å². The minimum atomic E-state index is 0.420. The number of hydrogen-bond acceptors (Lipinski definition) is 5. The van der Waals surface area contributed by atoms with Crippen LogP contribution in [0.1, 0.15) is 5.56 Å². The van der Waals surface area contributed by atoms with Gasteiger partial charge >= 0.3 is 0 Å². The molecule has 2 rings (SSSR count). The van der Waals surface area contributed by atoms with Crippen LogP contribution in [0.3, 0.4) is 0 Å². The molecule has 0 spiro atoms. The van der Waals surface area contributed by atoms with E-state index in [0.29, 0.717) is 28.2 Å². The summed E-state index contributed by atoms with van der Waals surface area (Å²) in [7, 11) is 1.77. The molecule has 2 aromatic rings. The molecule has 0 amide bonds. The number of nitrogens with zero attached hydrogens (tertiary/aromatic N) is 2. The Kier molecular flexibility index (Phi) is 3.53. The lowest BCUT2D eigenvalue weighted by molar-refractivity contribution is 0.459. The second kappa shape index (κ2) is 5.10. The molecule has 0 aliphatic carbocycles. The van der Waals surface area contributed by atoms with Gasteiger partial charge in [-0.05, 0) is 24.6 Å². The number of ether oxygens (including phenoxy) is 1. The highest BCUT2D eigenvalue weighted by Gasteiger charge is 2.09. The molecule has 5 nitrogen and oxygen atoms in total. The van der Waals surface area contributed by atoms with Gasteiger partial charge in [-0.1, -0.05) is 11.6 Å². The molecule has 18 heavy (non-hydrogen) atoms. The summed E-state index contributed by atoms with van der Waals surface area (Å²) in [6.45, 7) is 1.87. The molecule has 0 atom stereocenters. The summed E-state index contributed by atoms with van der Waals surface area (Å²) in [6.07, 6.45) is 1.42. The van der Waals surface area contributed by atoms with Crippen LogP contribution >= 0.6 is 11.6 Å². The molecule has 1 heterocycles. The van der Waals surface area contributed by atoms with Gasteiger partial charge in [0.1, 0.15) is 12.1 Å². The van der Waals surface area contributed by atoms with Gasteiger partial charge in [-0.2, -0.15) is 0 Å². The van der Waals surface area contributed by atoms with E-state index in [-0.39, 0.29) is 0 Å². The molecule has 1 aromatic carbocycles. The van der Waals surface area contributed by atoms with Crippen molar-refractivity contribution in [2.75, 3.05) is 18.1 Å². The Labute approximate surface area is 110 Å². The van der Waals surface area contributed by atoms with E-state index < -0.39 is 0 Å². The molecule has 0 saturated carbocycles. The second-order valence-electron chi connectivity index (χ2n) is 3.74. The molecule has 0 fully saturated rings. The summed E-state index contributed by atoms with van der Waals surface area (Å²) >= 11 is 6.09. The normalized spacial score (nSPS) is 10.2. The molecule has 3 N–H and O–H groups in total. The minimum absolute atomic E-state index is 0.420. The van der Waals surface area contributed by atoms with E-state index in [1.54, 1.807) is 25.2 Å². The van der Waals surface area contributed by atoms with Gasteiger partial charge in [-0.3, -0.25) is 0 Å². The second-order valence-corrected chi connectivity index (χ2v) is 4.15. The van der Waals surface area contributed by atoms with Crippen molar-refractivity contribution in [1.29, 1.82) is 0 Å². The molecule has 0 radical (unpaired) electrons. The van der Waals surface area contributed by atoms with Gasteiger partial charge in [0.05, 0.1) is 5.02 Å². The zero-order valence-corrected chi connectivity index (χ0v) is 10.8. The third-order valence-corrected chi connectivity index (χ3v) is 2.64. The molecule has 1 aromatic heterocycles. The first-order chi connectivity index (χ1) is 8.60. The Morgan fingerprint density at radius 1 is 1.28 bits per heavy atom. The third kappa shape index (κ3) is 2.62. The summed E-state index contributed by atoms with van der Waals surface area (Å²) in [5, 5.41) is 3.36. The van der Waals surface area contributed by atoms with E-state index in [2.05, 4.69) is 15.3 Å². The van der Waals surface area contributed by atoms with Crippen LogP contribution in [0.4, 0.5) is 11.5 Å². The molecule has 0 unspecified atom stereocenters. The average molecular weight is 265 g/mol. The van der Waals surface area contributed by atoms with Crippen molar-refractivity contribution in [3.8, 4) is 11.6 Å². The lowest BCUT2D eigenvalue weighted by Gasteiger charge is -2.11. The molecular formula is C12H13ClN4O. The van der Waals surface area contributed by atoms with Crippen molar-refractivity contribution in [3.05, 3.63) is 35.1 Å². The van der Waals surface area contributed by atoms with Crippen LogP contribution in [-0.2, 0) is 0 Å².